The van der Waals surface area contributed by atoms with Crippen molar-refractivity contribution in [1.82, 2.24) is 15.2 Å². The second kappa shape index (κ2) is 8.60. The van der Waals surface area contributed by atoms with Crippen molar-refractivity contribution >= 4 is 11.8 Å². The molecule has 2 amide bonds. The lowest BCUT2D eigenvalue weighted by atomic mass is 10.1. The van der Waals surface area contributed by atoms with Gasteiger partial charge in [-0.15, -0.1) is 0 Å². The molecule has 0 unspecified atom stereocenters. The molecule has 0 aliphatic heterocycles. The fourth-order valence-electron chi connectivity index (χ4n) is 2.41. The molecule has 1 heterocycles. The Bertz CT molecular complexity index is 754. The quantitative estimate of drug-likeness (QED) is 0.823. The Morgan fingerprint density at radius 3 is 2.42 bits per heavy atom. The molecule has 0 saturated carbocycles. The number of nitrogens with one attached hydrogen (secondary N) is 1. The van der Waals surface area contributed by atoms with E-state index in [0.29, 0.717) is 5.89 Å². The van der Waals surface area contributed by atoms with Crippen molar-refractivity contribution in [3.8, 4) is 0 Å². The molecule has 6 nitrogen and oxygen atoms in total. The topological polar surface area (TPSA) is 75.4 Å². The van der Waals surface area contributed by atoms with Crippen LogP contribution in [0.1, 0.15) is 49.6 Å². The first-order valence-corrected chi connectivity index (χ1v) is 8.55. The van der Waals surface area contributed by atoms with Gasteiger partial charge in [0, 0.05) is 12.1 Å². The molecule has 0 spiro atoms. The summed E-state index contributed by atoms with van der Waals surface area (Å²) in [7, 11) is 0. The monoisotopic (exact) mass is 361 g/mol. The van der Waals surface area contributed by atoms with Crippen LogP contribution in [-0.2, 0) is 17.8 Å². The number of hydrogen-bond acceptors (Lipinski definition) is 4. The molecule has 1 aromatic carbocycles. The Morgan fingerprint density at radius 1 is 1.19 bits per heavy atom. The summed E-state index contributed by atoms with van der Waals surface area (Å²) in [6.45, 7) is 7.64. The van der Waals surface area contributed by atoms with Crippen LogP contribution in [0.25, 0.3) is 0 Å². The minimum absolute atomic E-state index is 0.00732. The van der Waals surface area contributed by atoms with Crippen LogP contribution in [0.5, 0.6) is 0 Å². The smallest absolute Gasteiger partial charge is 0.273 e. The summed E-state index contributed by atoms with van der Waals surface area (Å²) in [5.41, 5.74) is 0.912. The van der Waals surface area contributed by atoms with E-state index in [9.17, 15) is 14.0 Å². The Kier molecular flexibility index (Phi) is 6.49. The number of amides is 2. The molecular weight excluding hydrogens is 337 g/mol. The summed E-state index contributed by atoms with van der Waals surface area (Å²) in [6.07, 6.45) is 1.44. The van der Waals surface area contributed by atoms with E-state index < -0.39 is 0 Å². The maximum Gasteiger partial charge on any atom is 0.273 e. The van der Waals surface area contributed by atoms with Crippen molar-refractivity contribution in [2.24, 2.45) is 0 Å². The fourth-order valence-corrected chi connectivity index (χ4v) is 2.41. The highest BCUT2D eigenvalue weighted by atomic mass is 19.1. The van der Waals surface area contributed by atoms with Crippen molar-refractivity contribution < 1.29 is 18.4 Å². The second-order valence-corrected chi connectivity index (χ2v) is 6.67. The van der Waals surface area contributed by atoms with Crippen LogP contribution in [-0.4, -0.2) is 33.8 Å². The van der Waals surface area contributed by atoms with Crippen LogP contribution in [0.2, 0.25) is 0 Å². The number of aromatic nitrogens is 1. The molecule has 0 radical (unpaired) electrons. The van der Waals surface area contributed by atoms with Crippen molar-refractivity contribution in [3.63, 3.8) is 0 Å². The number of oxazole rings is 1. The van der Waals surface area contributed by atoms with Gasteiger partial charge in [-0.05, 0) is 45.4 Å². The summed E-state index contributed by atoms with van der Waals surface area (Å²) in [5.74, 6) is -0.490. The van der Waals surface area contributed by atoms with Gasteiger partial charge in [-0.3, -0.25) is 9.59 Å². The van der Waals surface area contributed by atoms with Gasteiger partial charge in [0.1, 0.15) is 12.1 Å². The van der Waals surface area contributed by atoms with E-state index in [4.69, 9.17) is 4.42 Å². The van der Waals surface area contributed by atoms with E-state index in [1.54, 1.807) is 17.0 Å². The predicted molar refractivity (Wildman–Crippen MR) is 94.9 cm³/mol. The Balaban J connectivity index is 2.06. The summed E-state index contributed by atoms with van der Waals surface area (Å²) < 4.78 is 18.3. The molecule has 1 N–H and O–H groups in total. The first-order chi connectivity index (χ1) is 12.3. The number of halogens is 1. The van der Waals surface area contributed by atoms with Gasteiger partial charge in [0.2, 0.25) is 11.8 Å². The first kappa shape index (κ1) is 19.6. The van der Waals surface area contributed by atoms with Gasteiger partial charge in [-0.1, -0.05) is 12.1 Å². The molecule has 7 heteroatoms. The van der Waals surface area contributed by atoms with Crippen molar-refractivity contribution in [2.45, 2.75) is 52.7 Å². The van der Waals surface area contributed by atoms with Gasteiger partial charge < -0.3 is 14.6 Å². The molecule has 1 aromatic heterocycles. The molecular formula is C19H24FN3O3. The van der Waals surface area contributed by atoms with Crippen LogP contribution in [0.3, 0.4) is 0 Å². The molecule has 2 aromatic rings. The molecule has 140 valence electrons. The zero-order chi connectivity index (χ0) is 19.3. The standard InChI is InChI=1S/C19H24FN3O3/c1-12(2)21-19(25)16-11-26-17(22-16)10-23(13(3)4)18(24)9-14-5-7-15(20)8-6-14/h5-8,11-13H,9-10H2,1-4H3,(H,21,25). The van der Waals surface area contributed by atoms with Gasteiger partial charge in [-0.25, -0.2) is 9.37 Å². The van der Waals surface area contributed by atoms with Gasteiger partial charge in [0.05, 0.1) is 13.0 Å². The first-order valence-electron chi connectivity index (χ1n) is 8.55. The van der Waals surface area contributed by atoms with Crippen LogP contribution in [0, 0.1) is 5.82 Å². The molecule has 0 saturated heterocycles. The lowest BCUT2D eigenvalue weighted by Crippen LogP contribution is -2.37. The third-order valence-electron chi connectivity index (χ3n) is 3.72. The lowest BCUT2D eigenvalue weighted by Gasteiger charge is -2.25. The van der Waals surface area contributed by atoms with Gasteiger partial charge in [-0.2, -0.15) is 0 Å². The van der Waals surface area contributed by atoms with Gasteiger partial charge in [0.15, 0.2) is 5.69 Å². The number of rotatable bonds is 7. The average Bonchev–Trinajstić information content (AvgIpc) is 3.02. The van der Waals surface area contributed by atoms with Crippen molar-refractivity contribution in [2.75, 3.05) is 0 Å². The van der Waals surface area contributed by atoms with E-state index in [1.165, 1.54) is 18.4 Å². The average molecular weight is 361 g/mol. The summed E-state index contributed by atoms with van der Waals surface area (Å²) in [4.78, 5) is 30.3. The van der Waals surface area contributed by atoms with Crippen LogP contribution in [0.4, 0.5) is 4.39 Å². The molecule has 0 bridgehead atoms. The van der Waals surface area contributed by atoms with Crippen LogP contribution >= 0.6 is 0 Å². The van der Waals surface area contributed by atoms with Crippen LogP contribution in [0.15, 0.2) is 34.9 Å². The zero-order valence-electron chi connectivity index (χ0n) is 15.5. The predicted octanol–water partition coefficient (Wildman–Crippen LogP) is 2.93. The van der Waals surface area contributed by atoms with Crippen LogP contribution < -0.4 is 5.32 Å². The number of nitrogens with zero attached hydrogens (tertiary/aromatic N) is 2. The lowest BCUT2D eigenvalue weighted by molar-refractivity contribution is -0.133. The van der Waals surface area contributed by atoms with E-state index in [2.05, 4.69) is 10.3 Å². The third-order valence-corrected chi connectivity index (χ3v) is 3.72. The minimum Gasteiger partial charge on any atom is -0.446 e. The number of hydrogen-bond donors (Lipinski definition) is 1. The summed E-state index contributed by atoms with van der Waals surface area (Å²) >= 11 is 0. The maximum absolute atomic E-state index is 13.0. The second-order valence-electron chi connectivity index (χ2n) is 6.67. The highest BCUT2D eigenvalue weighted by Gasteiger charge is 2.21. The highest BCUT2D eigenvalue weighted by molar-refractivity contribution is 5.92. The fraction of sp³-hybridized carbons (Fsp3) is 0.421. The Morgan fingerprint density at radius 2 is 1.85 bits per heavy atom. The van der Waals surface area contributed by atoms with E-state index in [1.807, 2.05) is 27.7 Å². The van der Waals surface area contributed by atoms with Gasteiger partial charge >= 0.3 is 0 Å². The largest absolute Gasteiger partial charge is 0.446 e. The third kappa shape index (κ3) is 5.40. The van der Waals surface area contributed by atoms with Gasteiger partial charge in [0.25, 0.3) is 5.91 Å². The molecule has 2 rings (SSSR count). The molecule has 0 atom stereocenters. The SMILES string of the molecule is CC(C)NC(=O)c1coc(CN(C(=O)Cc2ccc(F)cc2)C(C)C)n1. The molecule has 0 aliphatic rings. The molecule has 26 heavy (non-hydrogen) atoms. The number of carbonyl (C=O) groups is 2. The number of carbonyl (C=O) groups excluding carboxylic acids is 2. The van der Waals surface area contributed by atoms with E-state index in [-0.39, 0.29) is 48.4 Å². The van der Waals surface area contributed by atoms with Crippen molar-refractivity contribution in [1.29, 1.82) is 0 Å². The highest BCUT2D eigenvalue weighted by Crippen LogP contribution is 2.12. The Labute approximate surface area is 152 Å². The normalized spacial score (nSPS) is 11.0. The Hall–Kier alpha value is -2.70. The summed E-state index contributed by atoms with van der Waals surface area (Å²) in [5, 5.41) is 2.74. The number of benzene rings is 1. The molecule has 0 aliphatic carbocycles. The molecule has 0 fully saturated rings. The summed E-state index contributed by atoms with van der Waals surface area (Å²) in [6, 6.07) is 5.75. The zero-order valence-corrected chi connectivity index (χ0v) is 15.5. The van der Waals surface area contributed by atoms with E-state index >= 15 is 0 Å². The minimum atomic E-state index is -0.339. The van der Waals surface area contributed by atoms with Crippen molar-refractivity contribution in [3.05, 3.63) is 53.5 Å². The van der Waals surface area contributed by atoms with E-state index in [0.717, 1.165) is 5.56 Å². The maximum atomic E-state index is 13.0.